The van der Waals surface area contributed by atoms with Crippen LogP contribution in [0.5, 0.6) is 5.75 Å². The van der Waals surface area contributed by atoms with Gasteiger partial charge in [-0.1, -0.05) is 30.3 Å². The molecule has 0 saturated heterocycles. The fourth-order valence-electron chi connectivity index (χ4n) is 2.84. The molecular weight excluding hydrogens is 507 g/mol. The predicted molar refractivity (Wildman–Crippen MR) is 120 cm³/mol. The average Bonchev–Trinajstić information content (AvgIpc) is 2.81. The van der Waals surface area contributed by atoms with E-state index in [1.54, 1.807) is 30.3 Å². The van der Waals surface area contributed by atoms with Gasteiger partial charge in [0.2, 0.25) is 40.4 Å². The molecule has 0 fully saturated rings. The Balaban J connectivity index is 0.00000684. The van der Waals surface area contributed by atoms with Gasteiger partial charge in [-0.05, 0) is 40.2 Å². The third-order valence-electron chi connectivity index (χ3n) is 5.12. The van der Waals surface area contributed by atoms with Gasteiger partial charge < -0.3 is 26.1 Å². The highest BCUT2D eigenvalue weighted by molar-refractivity contribution is 6.10. The summed E-state index contributed by atoms with van der Waals surface area (Å²) in [5, 5.41) is 0. The number of carbonyl (C=O) groups excluding carboxylic acids is 3. The van der Waals surface area contributed by atoms with E-state index in [0.717, 1.165) is 13.8 Å². The van der Waals surface area contributed by atoms with Crippen molar-refractivity contribution in [3.05, 3.63) is 65.0 Å². The van der Waals surface area contributed by atoms with E-state index >= 15 is 0 Å². The maximum atomic E-state index is 14.2. The van der Waals surface area contributed by atoms with Crippen LogP contribution >= 0.6 is 0 Å². The lowest BCUT2D eigenvalue weighted by Crippen LogP contribution is -2.69. The van der Waals surface area contributed by atoms with Crippen LogP contribution in [-0.2, 0) is 30.5 Å². The molecule has 37 heavy (non-hydrogen) atoms. The van der Waals surface area contributed by atoms with Crippen LogP contribution in [0, 0.1) is 34.5 Å². The molecule has 2 aromatic rings. The normalized spacial score (nSPS) is 13.2. The first-order valence-corrected chi connectivity index (χ1v) is 10.4. The highest BCUT2D eigenvalue weighted by Gasteiger charge is 2.62. The van der Waals surface area contributed by atoms with E-state index in [2.05, 4.69) is 4.74 Å². The molecular formula is C24H27F5N2O6. The van der Waals surface area contributed by atoms with Crippen LogP contribution in [0.2, 0.25) is 0 Å². The second kappa shape index (κ2) is 11.2. The minimum absolute atomic E-state index is 0. The molecule has 0 aliphatic heterocycles. The number of ether oxygens (including phenoxy) is 3. The zero-order chi connectivity index (χ0) is 27.6. The molecule has 0 aromatic heterocycles. The topological polar surface area (TPSA) is 140 Å². The van der Waals surface area contributed by atoms with Crippen LogP contribution in [0.3, 0.4) is 0 Å². The zero-order valence-electron chi connectivity index (χ0n) is 20.7. The summed E-state index contributed by atoms with van der Waals surface area (Å²) in [5.74, 6) is -19.1. The summed E-state index contributed by atoms with van der Waals surface area (Å²) < 4.78 is 83.6. The molecule has 5 N–H and O–H groups in total. The van der Waals surface area contributed by atoms with Crippen molar-refractivity contribution in [2.24, 2.45) is 11.1 Å². The van der Waals surface area contributed by atoms with E-state index in [1.807, 2.05) is 0 Å². The van der Waals surface area contributed by atoms with Gasteiger partial charge in [0.15, 0.2) is 0 Å². The molecule has 0 amide bonds. The lowest BCUT2D eigenvalue weighted by molar-refractivity contribution is -0.184. The smallest absolute Gasteiger partial charge is 0.344 e. The number of esters is 3. The highest BCUT2D eigenvalue weighted by Crippen LogP contribution is 2.37. The first-order valence-electron chi connectivity index (χ1n) is 10.4. The van der Waals surface area contributed by atoms with E-state index in [0.29, 0.717) is 5.56 Å². The van der Waals surface area contributed by atoms with Crippen LogP contribution in [-0.4, -0.2) is 29.0 Å². The van der Waals surface area contributed by atoms with Crippen LogP contribution in [0.25, 0.3) is 0 Å². The van der Waals surface area contributed by atoms with Crippen molar-refractivity contribution in [1.82, 2.24) is 6.15 Å². The van der Waals surface area contributed by atoms with Gasteiger partial charge in [-0.15, -0.1) is 0 Å². The Morgan fingerprint density at radius 3 is 1.68 bits per heavy atom. The minimum Gasteiger partial charge on any atom is -0.459 e. The fraction of sp³-hybridized carbons (Fsp3) is 0.375. The summed E-state index contributed by atoms with van der Waals surface area (Å²) in [7, 11) is 0. The monoisotopic (exact) mass is 534 g/mol. The zero-order valence-corrected chi connectivity index (χ0v) is 20.7. The molecule has 1 atom stereocenters. The number of rotatable bonds is 7. The Morgan fingerprint density at radius 1 is 0.757 bits per heavy atom. The Bertz CT molecular complexity index is 1160. The van der Waals surface area contributed by atoms with Crippen molar-refractivity contribution in [3.8, 4) is 5.75 Å². The molecule has 204 valence electrons. The largest absolute Gasteiger partial charge is 0.459 e. The number of nitrogens with two attached hydrogens (primary N) is 1. The Kier molecular flexibility index (Phi) is 9.53. The van der Waals surface area contributed by atoms with Gasteiger partial charge in [0.25, 0.3) is 0 Å². The summed E-state index contributed by atoms with van der Waals surface area (Å²) in [5.41, 5.74) is -0.131. The van der Waals surface area contributed by atoms with Crippen molar-refractivity contribution >= 4 is 17.9 Å². The second-order valence-corrected chi connectivity index (χ2v) is 9.29. The van der Waals surface area contributed by atoms with Gasteiger partial charge in [0, 0.05) is 0 Å². The Hall–Kier alpha value is -3.58. The molecule has 8 nitrogen and oxygen atoms in total. The molecule has 2 rings (SSSR count). The molecule has 0 spiro atoms. The molecule has 2 aromatic carbocycles. The van der Waals surface area contributed by atoms with E-state index in [1.165, 1.54) is 20.8 Å². The highest BCUT2D eigenvalue weighted by atomic mass is 19.2. The first-order chi connectivity index (χ1) is 16.4. The van der Waals surface area contributed by atoms with E-state index in [4.69, 9.17) is 15.2 Å². The van der Waals surface area contributed by atoms with Gasteiger partial charge in [-0.25, -0.2) is 22.8 Å². The molecule has 0 heterocycles. The molecule has 0 aliphatic carbocycles. The van der Waals surface area contributed by atoms with E-state index < -0.39 is 75.9 Å². The lowest BCUT2D eigenvalue weighted by atomic mass is 9.72. The van der Waals surface area contributed by atoms with Crippen LogP contribution in [0.15, 0.2) is 30.3 Å². The second-order valence-electron chi connectivity index (χ2n) is 9.29. The van der Waals surface area contributed by atoms with Gasteiger partial charge >= 0.3 is 17.9 Å². The van der Waals surface area contributed by atoms with Gasteiger partial charge in [0.1, 0.15) is 17.6 Å². The third kappa shape index (κ3) is 6.23. The Morgan fingerprint density at radius 2 is 1.22 bits per heavy atom. The van der Waals surface area contributed by atoms with Gasteiger partial charge in [0.05, 0.1) is 0 Å². The number of halogens is 5. The lowest BCUT2D eigenvalue weighted by Gasteiger charge is -2.38. The molecule has 0 radical (unpaired) electrons. The van der Waals surface area contributed by atoms with Crippen molar-refractivity contribution in [2.45, 2.75) is 52.4 Å². The number of carbonyl (C=O) groups is 3. The average molecular weight is 534 g/mol. The maximum Gasteiger partial charge on any atom is 0.344 e. The van der Waals surface area contributed by atoms with Gasteiger partial charge in [-0.2, -0.15) is 8.78 Å². The quantitative estimate of drug-likeness (QED) is 0.134. The number of hydrogen-bond acceptors (Lipinski definition) is 8. The molecule has 0 bridgehead atoms. The van der Waals surface area contributed by atoms with Crippen molar-refractivity contribution < 1.29 is 50.5 Å². The third-order valence-corrected chi connectivity index (χ3v) is 5.12. The summed E-state index contributed by atoms with van der Waals surface area (Å²) in [6.45, 7) is 5.95. The number of hydrogen-bond donors (Lipinski definition) is 2. The summed E-state index contributed by atoms with van der Waals surface area (Å²) in [6, 6.07) is 8.00. The molecule has 13 heteroatoms. The first kappa shape index (κ1) is 31.4. The summed E-state index contributed by atoms with van der Waals surface area (Å²) >= 11 is 0. The standard InChI is InChI=1S/C24H24F5NO6.H3N/c1-22(2,3)36-19(31)23(4,5)24(30,20(32)34-11-12-9-7-6-8-10-12)21(33)35-18-16(28)14(26)13(25)15(27)17(18)29;/h6-10H,11,30H2,1-5H3;1H3. The van der Waals surface area contributed by atoms with Crippen molar-refractivity contribution in [2.75, 3.05) is 0 Å². The number of benzene rings is 2. The summed E-state index contributed by atoms with van der Waals surface area (Å²) in [4.78, 5) is 39.1. The van der Waals surface area contributed by atoms with Crippen LogP contribution in [0.1, 0.15) is 40.2 Å². The molecule has 0 saturated carbocycles. The van der Waals surface area contributed by atoms with Crippen LogP contribution < -0.4 is 16.6 Å². The minimum atomic E-state index is -3.16. The Labute approximate surface area is 209 Å². The van der Waals surface area contributed by atoms with Crippen LogP contribution in [0.4, 0.5) is 22.0 Å². The SMILES string of the molecule is CC(C)(C)OC(=O)C(C)(C)C(N)(C(=O)OCc1ccccc1)C(=O)Oc1c(F)c(F)c(F)c(F)c1F.N. The van der Waals surface area contributed by atoms with E-state index in [9.17, 15) is 36.3 Å². The van der Waals surface area contributed by atoms with E-state index in [-0.39, 0.29) is 6.15 Å². The summed E-state index contributed by atoms with van der Waals surface area (Å²) in [6.07, 6.45) is 0. The van der Waals surface area contributed by atoms with Crippen molar-refractivity contribution in [1.29, 1.82) is 0 Å². The predicted octanol–water partition coefficient (Wildman–Crippen LogP) is 4.26. The van der Waals surface area contributed by atoms with Gasteiger partial charge in [-0.3, -0.25) is 4.79 Å². The molecule has 0 aliphatic rings. The maximum absolute atomic E-state index is 14.2. The van der Waals surface area contributed by atoms with Crippen molar-refractivity contribution in [3.63, 3.8) is 0 Å². The molecule has 1 unspecified atom stereocenters. The fourth-order valence-corrected chi connectivity index (χ4v) is 2.84.